The molecule has 0 heterocycles. The van der Waals surface area contributed by atoms with Gasteiger partial charge in [0.2, 0.25) is 10.0 Å². The molecule has 118 valence electrons. The number of nitrogens with one attached hydrogen (secondary N) is 1. The Kier molecular flexibility index (Phi) is 4.70. The van der Waals surface area contributed by atoms with E-state index in [4.69, 9.17) is 0 Å². The predicted octanol–water partition coefficient (Wildman–Crippen LogP) is 2.57. The van der Waals surface area contributed by atoms with Gasteiger partial charge in [-0.3, -0.25) is 0 Å². The average Bonchev–Trinajstić information content (AvgIpc) is 2.41. The average molecular weight is 315 g/mol. The molecule has 1 saturated carbocycles. The standard InChI is InChI=1S/C15H22FNO3S/c1-15(2)7-5-13(6-8-15)17-21(19,20)14-9-12(16)4-3-11(14)10-18/h3-4,9,13,17-18H,5-8,10H2,1-2H3. The summed E-state index contributed by atoms with van der Waals surface area (Å²) in [5, 5.41) is 9.23. The van der Waals surface area contributed by atoms with Crippen LogP contribution in [0.1, 0.15) is 45.1 Å². The van der Waals surface area contributed by atoms with Gasteiger partial charge in [0, 0.05) is 6.04 Å². The highest BCUT2D eigenvalue weighted by Gasteiger charge is 2.30. The van der Waals surface area contributed by atoms with Crippen LogP contribution in [-0.4, -0.2) is 19.6 Å². The quantitative estimate of drug-likeness (QED) is 0.897. The molecule has 0 aromatic heterocycles. The molecule has 0 unspecified atom stereocenters. The summed E-state index contributed by atoms with van der Waals surface area (Å²) in [6, 6.07) is 3.28. The maximum atomic E-state index is 13.3. The van der Waals surface area contributed by atoms with Crippen molar-refractivity contribution in [2.45, 2.75) is 57.1 Å². The maximum Gasteiger partial charge on any atom is 0.241 e. The zero-order chi connectivity index (χ0) is 15.7. The summed E-state index contributed by atoms with van der Waals surface area (Å²) in [5.41, 5.74) is 0.455. The highest BCUT2D eigenvalue weighted by atomic mass is 32.2. The van der Waals surface area contributed by atoms with Crippen molar-refractivity contribution in [1.29, 1.82) is 0 Å². The second kappa shape index (κ2) is 6.02. The third kappa shape index (κ3) is 4.02. The lowest BCUT2D eigenvalue weighted by atomic mass is 9.76. The highest BCUT2D eigenvalue weighted by Crippen LogP contribution is 2.35. The van der Waals surface area contributed by atoms with Gasteiger partial charge >= 0.3 is 0 Å². The van der Waals surface area contributed by atoms with Crippen molar-refractivity contribution >= 4 is 10.0 Å². The molecule has 1 aliphatic carbocycles. The van der Waals surface area contributed by atoms with Crippen molar-refractivity contribution in [3.63, 3.8) is 0 Å². The van der Waals surface area contributed by atoms with Crippen LogP contribution in [0.25, 0.3) is 0 Å². The van der Waals surface area contributed by atoms with E-state index < -0.39 is 22.4 Å². The smallest absolute Gasteiger partial charge is 0.241 e. The molecule has 0 aliphatic heterocycles. The fourth-order valence-corrected chi connectivity index (χ4v) is 4.26. The molecule has 0 amide bonds. The van der Waals surface area contributed by atoms with Crippen LogP contribution in [0, 0.1) is 11.2 Å². The number of halogens is 1. The molecule has 1 aromatic carbocycles. The Morgan fingerprint density at radius 3 is 2.52 bits per heavy atom. The first-order chi connectivity index (χ1) is 9.73. The third-order valence-corrected chi connectivity index (χ3v) is 5.75. The van der Waals surface area contributed by atoms with E-state index in [1.807, 2.05) is 0 Å². The lowest BCUT2D eigenvalue weighted by Crippen LogP contribution is -2.39. The minimum absolute atomic E-state index is 0.127. The van der Waals surface area contributed by atoms with Crippen molar-refractivity contribution in [2.24, 2.45) is 5.41 Å². The van der Waals surface area contributed by atoms with Crippen LogP contribution >= 0.6 is 0 Å². The molecular weight excluding hydrogens is 293 g/mol. The van der Waals surface area contributed by atoms with Gasteiger partial charge in [-0.15, -0.1) is 0 Å². The van der Waals surface area contributed by atoms with Gasteiger partial charge in [-0.25, -0.2) is 17.5 Å². The Hall–Kier alpha value is -0.980. The zero-order valence-corrected chi connectivity index (χ0v) is 13.2. The fourth-order valence-electron chi connectivity index (χ4n) is 2.71. The number of rotatable bonds is 4. The normalized spacial score (nSPS) is 19.6. The van der Waals surface area contributed by atoms with Crippen LogP contribution in [0.4, 0.5) is 4.39 Å². The van der Waals surface area contributed by atoms with Gasteiger partial charge in [-0.2, -0.15) is 0 Å². The van der Waals surface area contributed by atoms with E-state index in [0.717, 1.165) is 37.8 Å². The van der Waals surface area contributed by atoms with E-state index in [9.17, 15) is 17.9 Å². The van der Waals surface area contributed by atoms with Gasteiger partial charge in [-0.1, -0.05) is 19.9 Å². The first-order valence-corrected chi connectivity index (χ1v) is 8.63. The minimum Gasteiger partial charge on any atom is -0.392 e. The van der Waals surface area contributed by atoms with E-state index in [1.165, 1.54) is 6.07 Å². The Morgan fingerprint density at radius 1 is 1.33 bits per heavy atom. The summed E-state index contributed by atoms with van der Waals surface area (Å²) in [5.74, 6) is -0.627. The largest absolute Gasteiger partial charge is 0.392 e. The summed E-state index contributed by atoms with van der Waals surface area (Å²) in [7, 11) is -3.81. The number of benzene rings is 1. The summed E-state index contributed by atoms with van der Waals surface area (Å²) >= 11 is 0. The van der Waals surface area contributed by atoms with Gasteiger partial charge in [-0.05, 0) is 48.8 Å². The van der Waals surface area contributed by atoms with Crippen LogP contribution < -0.4 is 4.72 Å². The van der Waals surface area contributed by atoms with Crippen molar-refractivity contribution in [3.05, 3.63) is 29.6 Å². The third-order valence-electron chi connectivity index (χ3n) is 4.15. The zero-order valence-electron chi connectivity index (χ0n) is 12.4. The number of aliphatic hydroxyl groups is 1. The van der Waals surface area contributed by atoms with E-state index >= 15 is 0 Å². The molecule has 0 bridgehead atoms. The number of aliphatic hydroxyl groups excluding tert-OH is 1. The topological polar surface area (TPSA) is 66.4 Å². The molecule has 0 spiro atoms. The Bertz CT molecular complexity index is 603. The molecule has 0 saturated heterocycles. The van der Waals surface area contributed by atoms with Gasteiger partial charge in [0.15, 0.2) is 0 Å². The van der Waals surface area contributed by atoms with Gasteiger partial charge in [0.05, 0.1) is 11.5 Å². The van der Waals surface area contributed by atoms with Crippen LogP contribution in [0.2, 0.25) is 0 Å². The van der Waals surface area contributed by atoms with Crippen molar-refractivity contribution in [3.8, 4) is 0 Å². The maximum absolute atomic E-state index is 13.3. The summed E-state index contributed by atoms with van der Waals surface area (Å²) in [6.45, 7) is 3.91. The summed E-state index contributed by atoms with van der Waals surface area (Å²) in [6.07, 6.45) is 3.46. The minimum atomic E-state index is -3.81. The van der Waals surface area contributed by atoms with Crippen molar-refractivity contribution < 1.29 is 17.9 Å². The van der Waals surface area contributed by atoms with E-state index in [2.05, 4.69) is 18.6 Å². The number of hydrogen-bond acceptors (Lipinski definition) is 3. The van der Waals surface area contributed by atoms with E-state index in [-0.39, 0.29) is 21.9 Å². The van der Waals surface area contributed by atoms with Crippen LogP contribution in [-0.2, 0) is 16.6 Å². The fraction of sp³-hybridized carbons (Fsp3) is 0.600. The Balaban J connectivity index is 2.18. The van der Waals surface area contributed by atoms with Crippen molar-refractivity contribution in [1.82, 2.24) is 4.72 Å². The summed E-state index contributed by atoms with van der Waals surface area (Å²) < 4.78 is 40.8. The molecule has 6 heteroatoms. The van der Waals surface area contributed by atoms with Gasteiger partial charge in [0.1, 0.15) is 5.82 Å². The first-order valence-electron chi connectivity index (χ1n) is 7.15. The Labute approximate surface area is 125 Å². The molecule has 1 aliphatic rings. The molecule has 0 radical (unpaired) electrons. The highest BCUT2D eigenvalue weighted by molar-refractivity contribution is 7.89. The monoisotopic (exact) mass is 315 g/mol. The number of sulfonamides is 1. The SMILES string of the molecule is CC1(C)CCC(NS(=O)(=O)c2cc(F)ccc2CO)CC1. The van der Waals surface area contributed by atoms with Crippen LogP contribution in [0.3, 0.4) is 0 Å². The lowest BCUT2D eigenvalue weighted by Gasteiger charge is -2.34. The molecular formula is C15H22FNO3S. The predicted molar refractivity (Wildman–Crippen MR) is 78.7 cm³/mol. The Morgan fingerprint density at radius 2 is 1.95 bits per heavy atom. The van der Waals surface area contributed by atoms with Crippen LogP contribution in [0.15, 0.2) is 23.1 Å². The van der Waals surface area contributed by atoms with E-state index in [1.54, 1.807) is 0 Å². The molecule has 1 fully saturated rings. The first kappa shape index (κ1) is 16.4. The molecule has 21 heavy (non-hydrogen) atoms. The molecule has 4 nitrogen and oxygen atoms in total. The van der Waals surface area contributed by atoms with E-state index in [0.29, 0.717) is 0 Å². The second-order valence-electron chi connectivity index (χ2n) is 6.47. The van der Waals surface area contributed by atoms with Crippen molar-refractivity contribution in [2.75, 3.05) is 0 Å². The summed E-state index contributed by atoms with van der Waals surface area (Å²) in [4.78, 5) is -0.171. The second-order valence-corrected chi connectivity index (χ2v) is 8.15. The molecule has 0 atom stereocenters. The molecule has 1 aromatic rings. The number of hydrogen-bond donors (Lipinski definition) is 2. The van der Waals surface area contributed by atoms with Gasteiger partial charge < -0.3 is 5.11 Å². The van der Waals surface area contributed by atoms with Crippen LogP contribution in [0.5, 0.6) is 0 Å². The molecule has 2 N–H and O–H groups in total. The molecule has 2 rings (SSSR count). The van der Waals surface area contributed by atoms with Gasteiger partial charge in [0.25, 0.3) is 0 Å². The lowest BCUT2D eigenvalue weighted by molar-refractivity contribution is 0.218.